The molecule has 31 heavy (non-hydrogen) atoms. The molecule has 0 spiro atoms. The fraction of sp³-hybridized carbons (Fsp3) is 0.440. The van der Waals surface area contributed by atoms with Crippen molar-refractivity contribution in [2.75, 3.05) is 44.7 Å². The molecule has 2 heterocycles. The Bertz CT molecular complexity index is 911. The number of methoxy groups -OCH3 is 1. The van der Waals surface area contributed by atoms with Gasteiger partial charge in [0.2, 0.25) is 11.8 Å². The maximum absolute atomic E-state index is 13.2. The smallest absolute Gasteiger partial charge is 0.228 e. The minimum absolute atomic E-state index is 0.0133. The highest BCUT2D eigenvalue weighted by Gasteiger charge is 2.37. The van der Waals surface area contributed by atoms with Crippen molar-refractivity contribution in [1.29, 1.82) is 0 Å². The normalized spacial score (nSPS) is 20.1. The molecule has 0 N–H and O–H groups in total. The van der Waals surface area contributed by atoms with Crippen LogP contribution in [0.1, 0.15) is 24.0 Å². The third-order valence-corrected chi connectivity index (χ3v) is 6.29. The molecule has 164 valence electrons. The van der Waals surface area contributed by atoms with Gasteiger partial charge in [0, 0.05) is 51.4 Å². The topological polar surface area (TPSA) is 53.1 Å². The van der Waals surface area contributed by atoms with E-state index in [4.69, 9.17) is 4.74 Å². The molecule has 0 bridgehead atoms. The van der Waals surface area contributed by atoms with E-state index in [0.717, 1.165) is 50.6 Å². The number of aryl methyl sites for hydroxylation is 1. The second-order valence-corrected chi connectivity index (χ2v) is 8.54. The molecule has 2 fully saturated rings. The number of amides is 2. The third kappa shape index (κ3) is 5.07. The summed E-state index contributed by atoms with van der Waals surface area (Å²) in [6.07, 6.45) is 1.24. The Morgan fingerprint density at radius 2 is 1.74 bits per heavy atom. The van der Waals surface area contributed by atoms with E-state index in [0.29, 0.717) is 6.54 Å². The van der Waals surface area contributed by atoms with Crippen molar-refractivity contribution < 1.29 is 14.3 Å². The summed E-state index contributed by atoms with van der Waals surface area (Å²) in [5.41, 5.74) is 3.40. The van der Waals surface area contributed by atoms with Crippen molar-refractivity contribution in [3.05, 3.63) is 59.7 Å². The molecule has 4 rings (SSSR count). The molecule has 0 aromatic heterocycles. The van der Waals surface area contributed by atoms with Gasteiger partial charge in [-0.3, -0.25) is 14.5 Å². The lowest BCUT2D eigenvalue weighted by molar-refractivity contribution is -0.135. The van der Waals surface area contributed by atoms with E-state index in [-0.39, 0.29) is 24.2 Å². The SMILES string of the molecule is COc1ccc(N2CC(C(=O)N3CCCN(Cc4ccc(C)cc4)CC3)CC2=O)cc1. The summed E-state index contributed by atoms with van der Waals surface area (Å²) in [6.45, 7) is 6.79. The van der Waals surface area contributed by atoms with Crippen LogP contribution in [-0.2, 0) is 16.1 Å². The molecule has 0 saturated carbocycles. The molecule has 2 aliphatic rings. The van der Waals surface area contributed by atoms with Crippen LogP contribution < -0.4 is 9.64 Å². The number of carbonyl (C=O) groups is 2. The molecule has 6 heteroatoms. The summed E-state index contributed by atoms with van der Waals surface area (Å²) in [4.78, 5) is 31.9. The molecule has 2 aromatic rings. The van der Waals surface area contributed by atoms with E-state index < -0.39 is 0 Å². The standard InChI is InChI=1S/C25H31N3O3/c1-19-4-6-20(7-5-19)17-26-12-3-13-27(15-14-26)25(30)21-16-24(29)28(18-21)22-8-10-23(31-2)11-9-22/h4-11,21H,3,12-18H2,1-2H3. The molecule has 1 atom stereocenters. The Kier molecular flexibility index (Phi) is 6.56. The minimum atomic E-state index is -0.266. The lowest BCUT2D eigenvalue weighted by Gasteiger charge is -2.24. The molecule has 2 aliphatic heterocycles. The Morgan fingerprint density at radius 3 is 2.45 bits per heavy atom. The van der Waals surface area contributed by atoms with E-state index in [9.17, 15) is 9.59 Å². The highest BCUT2D eigenvalue weighted by atomic mass is 16.5. The highest BCUT2D eigenvalue weighted by molar-refractivity contribution is 6.00. The van der Waals surface area contributed by atoms with Gasteiger partial charge in [0.1, 0.15) is 5.75 Å². The summed E-state index contributed by atoms with van der Waals surface area (Å²) >= 11 is 0. The van der Waals surface area contributed by atoms with Crippen molar-refractivity contribution in [3.8, 4) is 5.75 Å². The Balaban J connectivity index is 1.33. The Morgan fingerprint density at radius 1 is 1.00 bits per heavy atom. The van der Waals surface area contributed by atoms with Crippen LogP contribution >= 0.6 is 0 Å². The maximum Gasteiger partial charge on any atom is 0.228 e. The van der Waals surface area contributed by atoms with Gasteiger partial charge in [-0.1, -0.05) is 29.8 Å². The average Bonchev–Trinajstić information content (AvgIpc) is 3.02. The predicted molar refractivity (Wildman–Crippen MR) is 121 cm³/mol. The van der Waals surface area contributed by atoms with Crippen LogP contribution in [0, 0.1) is 12.8 Å². The molecule has 2 amide bonds. The molecule has 1 unspecified atom stereocenters. The summed E-state index contributed by atoms with van der Waals surface area (Å²) in [6, 6.07) is 16.1. The zero-order valence-corrected chi connectivity index (χ0v) is 18.4. The zero-order chi connectivity index (χ0) is 21.8. The van der Waals surface area contributed by atoms with Crippen LogP contribution in [0.15, 0.2) is 48.5 Å². The number of nitrogens with zero attached hydrogens (tertiary/aromatic N) is 3. The van der Waals surface area contributed by atoms with Crippen molar-refractivity contribution in [1.82, 2.24) is 9.80 Å². The van der Waals surface area contributed by atoms with E-state index in [1.165, 1.54) is 11.1 Å². The maximum atomic E-state index is 13.2. The fourth-order valence-electron chi connectivity index (χ4n) is 4.44. The van der Waals surface area contributed by atoms with Crippen LogP contribution in [0.5, 0.6) is 5.75 Å². The molecule has 0 aliphatic carbocycles. The van der Waals surface area contributed by atoms with Gasteiger partial charge in [0.15, 0.2) is 0 Å². The van der Waals surface area contributed by atoms with Gasteiger partial charge < -0.3 is 14.5 Å². The molecular weight excluding hydrogens is 390 g/mol. The molecule has 2 aromatic carbocycles. The monoisotopic (exact) mass is 421 g/mol. The van der Waals surface area contributed by atoms with Crippen LogP contribution in [0.2, 0.25) is 0 Å². The Labute approximate surface area is 184 Å². The van der Waals surface area contributed by atoms with Gasteiger partial charge in [-0.05, 0) is 43.2 Å². The van der Waals surface area contributed by atoms with E-state index >= 15 is 0 Å². The number of hydrogen-bond donors (Lipinski definition) is 0. The number of carbonyl (C=O) groups excluding carboxylic acids is 2. The Hall–Kier alpha value is -2.86. The summed E-state index contributed by atoms with van der Waals surface area (Å²) in [5, 5.41) is 0. The fourth-order valence-corrected chi connectivity index (χ4v) is 4.44. The largest absolute Gasteiger partial charge is 0.497 e. The quantitative estimate of drug-likeness (QED) is 0.745. The first-order chi connectivity index (χ1) is 15.0. The number of benzene rings is 2. The van der Waals surface area contributed by atoms with Crippen LogP contribution in [-0.4, -0.2) is 61.4 Å². The zero-order valence-electron chi connectivity index (χ0n) is 18.4. The number of hydrogen-bond acceptors (Lipinski definition) is 4. The van der Waals surface area contributed by atoms with Gasteiger partial charge >= 0.3 is 0 Å². The summed E-state index contributed by atoms with van der Waals surface area (Å²) < 4.78 is 5.19. The van der Waals surface area contributed by atoms with Gasteiger partial charge in [-0.25, -0.2) is 0 Å². The second-order valence-electron chi connectivity index (χ2n) is 8.54. The second kappa shape index (κ2) is 9.52. The van der Waals surface area contributed by atoms with Gasteiger partial charge in [-0.2, -0.15) is 0 Å². The first kappa shape index (κ1) is 21.4. The molecule has 2 saturated heterocycles. The van der Waals surface area contributed by atoms with E-state index in [1.54, 1.807) is 12.0 Å². The molecule has 6 nitrogen and oxygen atoms in total. The van der Waals surface area contributed by atoms with Crippen molar-refractivity contribution in [3.63, 3.8) is 0 Å². The first-order valence-corrected chi connectivity index (χ1v) is 11.0. The average molecular weight is 422 g/mol. The minimum Gasteiger partial charge on any atom is -0.497 e. The third-order valence-electron chi connectivity index (χ3n) is 6.29. The number of anilines is 1. The lowest BCUT2D eigenvalue weighted by atomic mass is 10.1. The van der Waals surface area contributed by atoms with E-state index in [1.807, 2.05) is 29.2 Å². The molecule has 0 radical (unpaired) electrons. The predicted octanol–water partition coefficient (Wildman–Crippen LogP) is 3.09. The number of rotatable bonds is 5. The summed E-state index contributed by atoms with van der Waals surface area (Å²) in [5.74, 6) is 0.613. The lowest BCUT2D eigenvalue weighted by Crippen LogP contribution is -2.39. The van der Waals surface area contributed by atoms with Gasteiger partial charge in [0.25, 0.3) is 0 Å². The van der Waals surface area contributed by atoms with Crippen LogP contribution in [0.4, 0.5) is 5.69 Å². The van der Waals surface area contributed by atoms with E-state index in [2.05, 4.69) is 36.1 Å². The van der Waals surface area contributed by atoms with Gasteiger partial charge in [0.05, 0.1) is 13.0 Å². The van der Waals surface area contributed by atoms with Crippen LogP contribution in [0.25, 0.3) is 0 Å². The highest BCUT2D eigenvalue weighted by Crippen LogP contribution is 2.28. The first-order valence-electron chi connectivity index (χ1n) is 11.0. The van der Waals surface area contributed by atoms with Crippen molar-refractivity contribution in [2.45, 2.75) is 26.3 Å². The van der Waals surface area contributed by atoms with Crippen molar-refractivity contribution in [2.24, 2.45) is 5.92 Å². The van der Waals surface area contributed by atoms with Crippen LogP contribution in [0.3, 0.4) is 0 Å². The summed E-state index contributed by atoms with van der Waals surface area (Å²) in [7, 11) is 1.62. The molecular formula is C25H31N3O3. The number of ether oxygens (including phenoxy) is 1. The van der Waals surface area contributed by atoms with Gasteiger partial charge in [-0.15, -0.1) is 0 Å². The van der Waals surface area contributed by atoms with Crippen molar-refractivity contribution >= 4 is 17.5 Å².